The van der Waals surface area contributed by atoms with Crippen molar-refractivity contribution in [3.63, 3.8) is 0 Å². The molecule has 0 aromatic heterocycles. The molecule has 0 spiro atoms. The predicted octanol–water partition coefficient (Wildman–Crippen LogP) is 4.69. The van der Waals surface area contributed by atoms with E-state index in [2.05, 4.69) is 26.0 Å². The number of benzene rings is 2. The number of ether oxygens (including phenoxy) is 1. The summed E-state index contributed by atoms with van der Waals surface area (Å²) in [7, 11) is 0. The summed E-state index contributed by atoms with van der Waals surface area (Å²) >= 11 is 0. The smallest absolute Gasteiger partial charge is 0.119 e. The lowest BCUT2D eigenvalue weighted by Gasteiger charge is -2.13. The summed E-state index contributed by atoms with van der Waals surface area (Å²) in [5.74, 6) is 0.770. The highest BCUT2D eigenvalue weighted by Gasteiger charge is 2.12. The van der Waals surface area contributed by atoms with Crippen molar-refractivity contribution in [3.05, 3.63) is 64.7 Å². The zero-order valence-electron chi connectivity index (χ0n) is 12.9. The number of hydrogen-bond donors (Lipinski definition) is 0. The topological polar surface area (TPSA) is 33.0 Å². The van der Waals surface area contributed by atoms with Crippen LogP contribution in [-0.2, 0) is 0 Å². The Bertz CT molecular complexity index is 635. The Morgan fingerprint density at radius 1 is 1.05 bits per heavy atom. The average Bonchev–Trinajstić information content (AvgIpc) is 2.44. The molecule has 0 amide bonds. The third-order valence-electron chi connectivity index (χ3n) is 3.59. The minimum Gasteiger partial charge on any atom is -0.494 e. The minimum absolute atomic E-state index is 0.114. The maximum atomic E-state index is 9.38. The van der Waals surface area contributed by atoms with Crippen LogP contribution >= 0.6 is 0 Å². The van der Waals surface area contributed by atoms with Crippen LogP contribution in [-0.4, -0.2) is 6.61 Å². The van der Waals surface area contributed by atoms with Crippen molar-refractivity contribution in [2.45, 2.75) is 33.1 Å². The van der Waals surface area contributed by atoms with Crippen molar-refractivity contribution in [1.82, 2.24) is 0 Å². The molecular weight excluding hydrogens is 258 g/mol. The molecular formula is C19H21NO. The second-order valence-corrected chi connectivity index (χ2v) is 5.50. The quantitative estimate of drug-likeness (QED) is 0.795. The van der Waals surface area contributed by atoms with E-state index in [-0.39, 0.29) is 5.92 Å². The first-order valence-electron chi connectivity index (χ1n) is 7.26. The highest BCUT2D eigenvalue weighted by Crippen LogP contribution is 2.23. The number of rotatable bonds is 5. The Hall–Kier alpha value is -2.27. The molecule has 0 aliphatic rings. The largest absolute Gasteiger partial charge is 0.494 e. The van der Waals surface area contributed by atoms with Crippen molar-refractivity contribution in [2.24, 2.45) is 0 Å². The van der Waals surface area contributed by atoms with Crippen LogP contribution in [0.3, 0.4) is 0 Å². The zero-order chi connectivity index (χ0) is 15.2. The van der Waals surface area contributed by atoms with Gasteiger partial charge in [0.25, 0.3) is 0 Å². The standard InChI is InChI=1S/C19H21NO/c1-14-10-15(2)12-18(11-14)21-9-8-17(13-20)19-7-5-4-6-16(19)3/h4-7,10-12,17H,8-9H2,1-3H3. The summed E-state index contributed by atoms with van der Waals surface area (Å²) in [6, 6.07) is 16.6. The van der Waals surface area contributed by atoms with E-state index >= 15 is 0 Å². The third-order valence-corrected chi connectivity index (χ3v) is 3.59. The van der Waals surface area contributed by atoms with Crippen LogP contribution in [0.15, 0.2) is 42.5 Å². The van der Waals surface area contributed by atoms with Crippen LogP contribution in [0.5, 0.6) is 5.75 Å². The molecule has 2 nitrogen and oxygen atoms in total. The van der Waals surface area contributed by atoms with Gasteiger partial charge in [0.2, 0.25) is 0 Å². The second kappa shape index (κ2) is 6.95. The van der Waals surface area contributed by atoms with Gasteiger partial charge in [0.15, 0.2) is 0 Å². The molecule has 2 aromatic carbocycles. The summed E-state index contributed by atoms with van der Waals surface area (Å²) in [5.41, 5.74) is 4.65. The van der Waals surface area contributed by atoms with Gasteiger partial charge in [-0.25, -0.2) is 0 Å². The van der Waals surface area contributed by atoms with Gasteiger partial charge < -0.3 is 4.74 Å². The number of nitrogens with zero attached hydrogens (tertiary/aromatic N) is 1. The summed E-state index contributed by atoms with van der Waals surface area (Å²) in [6.45, 7) is 6.72. The van der Waals surface area contributed by atoms with Gasteiger partial charge in [-0.05, 0) is 55.2 Å². The summed E-state index contributed by atoms with van der Waals surface area (Å²) < 4.78 is 5.81. The molecule has 0 N–H and O–H groups in total. The second-order valence-electron chi connectivity index (χ2n) is 5.50. The first-order chi connectivity index (χ1) is 10.1. The SMILES string of the molecule is Cc1cc(C)cc(OCCC(C#N)c2ccccc2C)c1. The lowest BCUT2D eigenvalue weighted by Crippen LogP contribution is -2.06. The maximum absolute atomic E-state index is 9.38. The molecule has 0 aliphatic heterocycles. The monoisotopic (exact) mass is 279 g/mol. The molecule has 0 radical (unpaired) electrons. The fourth-order valence-electron chi connectivity index (χ4n) is 2.58. The van der Waals surface area contributed by atoms with E-state index in [9.17, 15) is 5.26 Å². The van der Waals surface area contributed by atoms with Gasteiger partial charge in [-0.3, -0.25) is 0 Å². The maximum Gasteiger partial charge on any atom is 0.119 e. The fraction of sp³-hybridized carbons (Fsp3) is 0.316. The van der Waals surface area contributed by atoms with E-state index in [0.717, 1.165) is 16.9 Å². The Morgan fingerprint density at radius 3 is 2.33 bits per heavy atom. The molecule has 0 fully saturated rings. The number of nitriles is 1. The Kier molecular flexibility index (Phi) is 5.00. The molecule has 108 valence electrons. The first kappa shape index (κ1) is 15.1. The van der Waals surface area contributed by atoms with Crippen LogP contribution in [0.1, 0.15) is 34.6 Å². The molecule has 2 aromatic rings. The third kappa shape index (κ3) is 4.10. The predicted molar refractivity (Wildman–Crippen MR) is 85.6 cm³/mol. The van der Waals surface area contributed by atoms with Gasteiger partial charge in [-0.1, -0.05) is 30.3 Å². The van der Waals surface area contributed by atoms with Gasteiger partial charge in [-0.2, -0.15) is 5.26 Å². The molecule has 21 heavy (non-hydrogen) atoms. The molecule has 2 rings (SSSR count). The molecule has 0 heterocycles. The normalized spacial score (nSPS) is 11.7. The van der Waals surface area contributed by atoms with E-state index in [0.29, 0.717) is 13.0 Å². The van der Waals surface area contributed by atoms with Crippen molar-refractivity contribution >= 4 is 0 Å². The Balaban J connectivity index is 1.98. The zero-order valence-corrected chi connectivity index (χ0v) is 12.9. The van der Waals surface area contributed by atoms with Crippen LogP contribution in [0.4, 0.5) is 0 Å². The molecule has 1 unspecified atom stereocenters. The van der Waals surface area contributed by atoms with Crippen LogP contribution in [0.2, 0.25) is 0 Å². The van der Waals surface area contributed by atoms with Crippen LogP contribution < -0.4 is 4.74 Å². The lowest BCUT2D eigenvalue weighted by atomic mass is 9.94. The molecule has 0 saturated heterocycles. The molecule has 0 bridgehead atoms. The van der Waals surface area contributed by atoms with Gasteiger partial charge in [0.05, 0.1) is 18.6 Å². The Labute approximate surface area is 127 Å². The molecule has 0 aliphatic carbocycles. The number of aryl methyl sites for hydroxylation is 3. The van der Waals surface area contributed by atoms with Crippen molar-refractivity contribution in [3.8, 4) is 11.8 Å². The number of hydrogen-bond acceptors (Lipinski definition) is 2. The van der Waals surface area contributed by atoms with E-state index in [1.54, 1.807) is 0 Å². The van der Waals surface area contributed by atoms with E-state index in [1.165, 1.54) is 11.1 Å². The van der Waals surface area contributed by atoms with E-state index < -0.39 is 0 Å². The van der Waals surface area contributed by atoms with Gasteiger partial charge in [0, 0.05) is 6.42 Å². The summed E-state index contributed by atoms with van der Waals surface area (Å²) in [5, 5.41) is 9.38. The fourth-order valence-corrected chi connectivity index (χ4v) is 2.58. The Morgan fingerprint density at radius 2 is 1.71 bits per heavy atom. The highest BCUT2D eigenvalue weighted by molar-refractivity contribution is 5.34. The minimum atomic E-state index is -0.114. The molecule has 0 saturated carbocycles. The van der Waals surface area contributed by atoms with Crippen molar-refractivity contribution in [1.29, 1.82) is 5.26 Å². The van der Waals surface area contributed by atoms with Crippen molar-refractivity contribution in [2.75, 3.05) is 6.61 Å². The molecule has 2 heteroatoms. The lowest BCUT2D eigenvalue weighted by molar-refractivity contribution is 0.305. The first-order valence-corrected chi connectivity index (χ1v) is 7.26. The van der Waals surface area contributed by atoms with Gasteiger partial charge >= 0.3 is 0 Å². The van der Waals surface area contributed by atoms with Crippen LogP contribution in [0, 0.1) is 32.1 Å². The van der Waals surface area contributed by atoms with Gasteiger partial charge in [-0.15, -0.1) is 0 Å². The summed E-state index contributed by atoms with van der Waals surface area (Å²) in [4.78, 5) is 0. The van der Waals surface area contributed by atoms with Gasteiger partial charge in [0.1, 0.15) is 5.75 Å². The van der Waals surface area contributed by atoms with E-state index in [4.69, 9.17) is 4.74 Å². The highest BCUT2D eigenvalue weighted by atomic mass is 16.5. The summed E-state index contributed by atoms with van der Waals surface area (Å²) in [6.07, 6.45) is 0.703. The van der Waals surface area contributed by atoms with E-state index in [1.807, 2.05) is 43.3 Å². The average molecular weight is 279 g/mol. The molecule has 1 atom stereocenters. The van der Waals surface area contributed by atoms with Crippen molar-refractivity contribution < 1.29 is 4.74 Å². The van der Waals surface area contributed by atoms with Crippen LogP contribution in [0.25, 0.3) is 0 Å².